The molecule has 1 unspecified atom stereocenters. The third-order valence-corrected chi connectivity index (χ3v) is 5.74. The standard InChI is InChI=1S/C18H24N4O3S/c1-13-11-20-21(12-13)8-4-7-19-18(23)15-5-6-17-16(10-15)9-14(2)22(17)26(3,24)25/h5-6,10-12,14H,4,7-9H2,1-3H3,(H,19,23). The van der Waals surface area contributed by atoms with Crippen LogP contribution >= 0.6 is 0 Å². The van der Waals surface area contributed by atoms with Crippen molar-refractivity contribution in [3.05, 3.63) is 47.3 Å². The largest absolute Gasteiger partial charge is 0.352 e. The number of carbonyl (C=O) groups excluding carboxylic acids is 1. The van der Waals surface area contributed by atoms with E-state index in [1.54, 1.807) is 18.2 Å². The maximum Gasteiger partial charge on any atom is 0.251 e. The second kappa shape index (κ2) is 7.11. The van der Waals surface area contributed by atoms with Crippen molar-refractivity contribution < 1.29 is 13.2 Å². The summed E-state index contributed by atoms with van der Waals surface area (Å²) in [7, 11) is -3.32. The van der Waals surface area contributed by atoms with E-state index in [0.717, 1.165) is 24.1 Å². The predicted octanol–water partition coefficient (Wildman–Crippen LogP) is 1.72. The van der Waals surface area contributed by atoms with Gasteiger partial charge >= 0.3 is 0 Å². The fourth-order valence-electron chi connectivity index (χ4n) is 3.38. The lowest BCUT2D eigenvalue weighted by Crippen LogP contribution is -2.34. The number of aryl methyl sites for hydroxylation is 2. The van der Waals surface area contributed by atoms with Gasteiger partial charge in [-0.2, -0.15) is 5.10 Å². The van der Waals surface area contributed by atoms with Gasteiger partial charge in [-0.05, 0) is 56.0 Å². The van der Waals surface area contributed by atoms with Gasteiger partial charge in [0, 0.05) is 30.9 Å². The molecule has 1 atom stereocenters. The molecule has 0 saturated carbocycles. The molecule has 1 aliphatic rings. The number of nitrogens with zero attached hydrogens (tertiary/aromatic N) is 3. The van der Waals surface area contributed by atoms with Crippen LogP contribution in [0.2, 0.25) is 0 Å². The number of carbonyl (C=O) groups is 1. The van der Waals surface area contributed by atoms with Crippen LogP contribution in [0.5, 0.6) is 0 Å². The molecule has 0 saturated heterocycles. The van der Waals surface area contributed by atoms with E-state index in [2.05, 4.69) is 10.4 Å². The number of amides is 1. The lowest BCUT2D eigenvalue weighted by Gasteiger charge is -2.21. The predicted molar refractivity (Wildman–Crippen MR) is 101 cm³/mol. The molecule has 1 N–H and O–H groups in total. The van der Waals surface area contributed by atoms with Crippen molar-refractivity contribution in [2.24, 2.45) is 0 Å². The number of aromatic nitrogens is 2. The van der Waals surface area contributed by atoms with Gasteiger partial charge in [-0.3, -0.25) is 13.8 Å². The Morgan fingerprint density at radius 1 is 1.38 bits per heavy atom. The lowest BCUT2D eigenvalue weighted by molar-refractivity contribution is 0.0952. The molecule has 1 aliphatic heterocycles. The summed E-state index contributed by atoms with van der Waals surface area (Å²) in [6, 6.07) is 5.07. The fourth-order valence-corrected chi connectivity index (χ4v) is 4.65. The molecule has 0 aliphatic carbocycles. The normalized spacial score (nSPS) is 16.6. The van der Waals surface area contributed by atoms with Crippen LogP contribution in [0.15, 0.2) is 30.6 Å². The maximum absolute atomic E-state index is 12.4. The summed E-state index contributed by atoms with van der Waals surface area (Å²) in [6.07, 6.45) is 6.39. The Kier molecular flexibility index (Phi) is 5.04. The number of sulfonamides is 1. The Balaban J connectivity index is 1.60. The monoisotopic (exact) mass is 376 g/mol. The van der Waals surface area contributed by atoms with Crippen LogP contribution in [0.25, 0.3) is 0 Å². The van der Waals surface area contributed by atoms with Crippen LogP contribution in [-0.4, -0.2) is 42.9 Å². The van der Waals surface area contributed by atoms with Crippen molar-refractivity contribution in [3.63, 3.8) is 0 Å². The summed E-state index contributed by atoms with van der Waals surface area (Å²) >= 11 is 0. The minimum atomic E-state index is -3.32. The second-order valence-electron chi connectivity index (χ2n) is 6.85. The summed E-state index contributed by atoms with van der Waals surface area (Å²) < 4.78 is 27.2. The molecule has 0 radical (unpaired) electrons. The molecule has 7 nitrogen and oxygen atoms in total. The minimum Gasteiger partial charge on any atom is -0.352 e. The van der Waals surface area contributed by atoms with Crippen molar-refractivity contribution in [3.8, 4) is 0 Å². The van der Waals surface area contributed by atoms with Crippen molar-refractivity contribution in [2.45, 2.75) is 39.3 Å². The van der Waals surface area contributed by atoms with E-state index in [1.165, 1.54) is 10.6 Å². The van der Waals surface area contributed by atoms with Crippen LogP contribution in [0.3, 0.4) is 0 Å². The molecule has 140 valence electrons. The topological polar surface area (TPSA) is 84.3 Å². The molecular formula is C18H24N4O3S. The molecule has 0 bridgehead atoms. The van der Waals surface area contributed by atoms with Gasteiger partial charge in [0.15, 0.2) is 0 Å². The van der Waals surface area contributed by atoms with Gasteiger partial charge in [-0.1, -0.05) is 0 Å². The van der Waals surface area contributed by atoms with Gasteiger partial charge in [0.1, 0.15) is 0 Å². The molecule has 1 amide bonds. The summed E-state index contributed by atoms with van der Waals surface area (Å²) in [5, 5.41) is 7.12. The second-order valence-corrected chi connectivity index (χ2v) is 8.71. The van der Waals surface area contributed by atoms with E-state index in [0.29, 0.717) is 24.2 Å². The molecule has 1 aromatic carbocycles. The zero-order valence-corrected chi connectivity index (χ0v) is 16.1. The molecule has 2 heterocycles. The number of anilines is 1. The van der Waals surface area contributed by atoms with Crippen molar-refractivity contribution in [1.29, 1.82) is 0 Å². The van der Waals surface area contributed by atoms with Gasteiger partial charge in [-0.15, -0.1) is 0 Å². The Morgan fingerprint density at radius 3 is 2.81 bits per heavy atom. The fraction of sp³-hybridized carbons (Fsp3) is 0.444. The summed E-state index contributed by atoms with van der Waals surface area (Å²) in [5.41, 5.74) is 3.24. The quantitative estimate of drug-likeness (QED) is 0.778. The number of hydrogen-bond donors (Lipinski definition) is 1. The highest BCUT2D eigenvalue weighted by atomic mass is 32.2. The Labute approximate surface area is 154 Å². The SMILES string of the molecule is Cc1cnn(CCCNC(=O)c2ccc3c(c2)CC(C)N3S(C)(=O)=O)c1. The first-order valence-electron chi connectivity index (χ1n) is 8.65. The zero-order chi connectivity index (χ0) is 18.9. The zero-order valence-electron chi connectivity index (χ0n) is 15.3. The van der Waals surface area contributed by atoms with Gasteiger partial charge in [-0.25, -0.2) is 8.42 Å². The third-order valence-electron chi connectivity index (χ3n) is 4.46. The van der Waals surface area contributed by atoms with Crippen LogP contribution in [0, 0.1) is 6.92 Å². The van der Waals surface area contributed by atoms with Crippen LogP contribution in [0.1, 0.15) is 34.8 Å². The van der Waals surface area contributed by atoms with Crippen LogP contribution in [0.4, 0.5) is 5.69 Å². The highest BCUT2D eigenvalue weighted by molar-refractivity contribution is 7.92. The van der Waals surface area contributed by atoms with Crippen molar-refractivity contribution in [2.75, 3.05) is 17.1 Å². The van der Waals surface area contributed by atoms with Crippen LogP contribution in [-0.2, 0) is 23.0 Å². The Bertz CT molecular complexity index is 920. The number of rotatable bonds is 6. The molecule has 8 heteroatoms. The highest BCUT2D eigenvalue weighted by Gasteiger charge is 2.32. The number of hydrogen-bond acceptors (Lipinski definition) is 4. The van der Waals surface area contributed by atoms with Crippen LogP contribution < -0.4 is 9.62 Å². The smallest absolute Gasteiger partial charge is 0.251 e. The van der Waals surface area contributed by atoms with Gasteiger partial charge < -0.3 is 5.32 Å². The van der Waals surface area contributed by atoms with E-state index in [-0.39, 0.29) is 11.9 Å². The maximum atomic E-state index is 12.4. The van der Waals surface area contributed by atoms with Gasteiger partial charge in [0.05, 0.1) is 18.1 Å². The van der Waals surface area contributed by atoms with Gasteiger partial charge in [0.25, 0.3) is 5.91 Å². The summed E-state index contributed by atoms with van der Waals surface area (Å²) in [5.74, 6) is -0.144. The summed E-state index contributed by atoms with van der Waals surface area (Å²) in [4.78, 5) is 12.4. The number of benzene rings is 1. The average molecular weight is 376 g/mol. The third kappa shape index (κ3) is 3.90. The lowest BCUT2D eigenvalue weighted by atomic mass is 10.1. The Hall–Kier alpha value is -2.35. The first kappa shape index (κ1) is 18.4. The molecule has 0 fully saturated rings. The molecule has 26 heavy (non-hydrogen) atoms. The minimum absolute atomic E-state index is 0.129. The van der Waals surface area contributed by atoms with E-state index in [4.69, 9.17) is 0 Å². The first-order valence-corrected chi connectivity index (χ1v) is 10.5. The average Bonchev–Trinajstić information content (AvgIpc) is 3.12. The van der Waals surface area contributed by atoms with Crippen molar-refractivity contribution >= 4 is 21.6 Å². The van der Waals surface area contributed by atoms with Gasteiger partial charge in [0.2, 0.25) is 10.0 Å². The Morgan fingerprint density at radius 2 is 2.15 bits per heavy atom. The number of nitrogens with one attached hydrogen (secondary N) is 1. The van der Waals surface area contributed by atoms with E-state index in [9.17, 15) is 13.2 Å². The molecule has 3 rings (SSSR count). The van der Waals surface area contributed by atoms with Crippen molar-refractivity contribution in [1.82, 2.24) is 15.1 Å². The van der Waals surface area contributed by atoms with E-state index < -0.39 is 10.0 Å². The molecule has 1 aromatic heterocycles. The summed E-state index contributed by atoms with van der Waals surface area (Å²) in [6.45, 7) is 5.17. The first-order chi connectivity index (χ1) is 12.3. The van der Waals surface area contributed by atoms with E-state index in [1.807, 2.05) is 30.9 Å². The number of fused-ring (bicyclic) bond motifs is 1. The molecule has 0 spiro atoms. The molecular weight excluding hydrogens is 352 g/mol. The molecule has 2 aromatic rings. The van der Waals surface area contributed by atoms with E-state index >= 15 is 0 Å². The highest BCUT2D eigenvalue weighted by Crippen LogP contribution is 2.34.